The highest BCUT2D eigenvalue weighted by atomic mass is 19.1. The van der Waals surface area contributed by atoms with Gasteiger partial charge < -0.3 is 10.1 Å². The largest absolute Gasteiger partial charge is 0.496 e. The van der Waals surface area contributed by atoms with Crippen LogP contribution in [0, 0.1) is 12.7 Å². The van der Waals surface area contributed by atoms with Gasteiger partial charge in [-0.15, -0.1) is 0 Å². The van der Waals surface area contributed by atoms with E-state index in [9.17, 15) is 4.39 Å². The summed E-state index contributed by atoms with van der Waals surface area (Å²) in [6.07, 6.45) is 4.11. The van der Waals surface area contributed by atoms with Gasteiger partial charge in [-0.3, -0.25) is 0 Å². The lowest BCUT2D eigenvalue weighted by Gasteiger charge is -2.25. The molecule has 1 unspecified atom stereocenters. The van der Waals surface area contributed by atoms with Gasteiger partial charge in [0.25, 0.3) is 0 Å². The van der Waals surface area contributed by atoms with E-state index in [2.05, 4.69) is 11.4 Å². The first-order valence-electron chi connectivity index (χ1n) is 6.54. The second kappa shape index (κ2) is 6.01. The van der Waals surface area contributed by atoms with Crippen LogP contribution < -0.4 is 5.32 Å². The van der Waals surface area contributed by atoms with Crippen molar-refractivity contribution < 1.29 is 9.13 Å². The molecule has 2 rings (SSSR count). The van der Waals surface area contributed by atoms with Gasteiger partial charge in [-0.05, 0) is 38.5 Å². The Bertz CT molecular complexity index is 442. The summed E-state index contributed by atoms with van der Waals surface area (Å²) in [5, 5.41) is 3.30. The zero-order valence-corrected chi connectivity index (χ0v) is 11.0. The molecular formula is C15H20FNO. The average Bonchev–Trinajstić information content (AvgIpc) is 2.40. The normalized spacial score (nSPS) is 16.9. The highest BCUT2D eigenvalue weighted by Gasteiger charge is 2.22. The Balaban J connectivity index is 2.34. The predicted octanol–water partition coefficient (Wildman–Crippen LogP) is 3.48. The highest BCUT2D eigenvalue weighted by molar-refractivity contribution is 5.31. The number of allylic oxidation sites excluding steroid dienone is 1. The molecule has 98 valence electrons. The van der Waals surface area contributed by atoms with Crippen molar-refractivity contribution in [3.05, 3.63) is 47.0 Å². The summed E-state index contributed by atoms with van der Waals surface area (Å²) in [6, 6.07) is 5.04. The van der Waals surface area contributed by atoms with Gasteiger partial charge >= 0.3 is 0 Å². The fourth-order valence-corrected chi connectivity index (χ4v) is 2.23. The van der Waals surface area contributed by atoms with E-state index in [1.807, 2.05) is 19.9 Å². The van der Waals surface area contributed by atoms with Crippen LogP contribution in [0.3, 0.4) is 0 Å². The fourth-order valence-electron chi connectivity index (χ4n) is 2.23. The van der Waals surface area contributed by atoms with Crippen LogP contribution in [0.1, 0.15) is 36.9 Å². The smallest absolute Gasteiger partial charge is 0.128 e. The molecule has 0 spiro atoms. The minimum atomic E-state index is -0.179. The molecule has 0 amide bonds. The van der Waals surface area contributed by atoms with Crippen LogP contribution in [-0.2, 0) is 4.74 Å². The van der Waals surface area contributed by atoms with Crippen molar-refractivity contribution in [2.75, 3.05) is 13.2 Å². The van der Waals surface area contributed by atoms with Gasteiger partial charge in [0, 0.05) is 5.56 Å². The van der Waals surface area contributed by atoms with Crippen molar-refractivity contribution in [1.82, 2.24) is 5.32 Å². The molecular weight excluding hydrogens is 229 g/mol. The molecule has 1 atom stereocenters. The topological polar surface area (TPSA) is 21.3 Å². The van der Waals surface area contributed by atoms with Crippen molar-refractivity contribution >= 4 is 0 Å². The molecule has 0 bridgehead atoms. The maximum atomic E-state index is 14.0. The second-order valence-corrected chi connectivity index (χ2v) is 4.61. The molecule has 3 heteroatoms. The number of aryl methyl sites for hydroxylation is 1. The Kier molecular flexibility index (Phi) is 4.37. The highest BCUT2D eigenvalue weighted by Crippen LogP contribution is 2.28. The quantitative estimate of drug-likeness (QED) is 0.882. The van der Waals surface area contributed by atoms with Crippen molar-refractivity contribution in [3.8, 4) is 0 Å². The van der Waals surface area contributed by atoms with Gasteiger partial charge in [-0.25, -0.2) is 4.39 Å². The van der Waals surface area contributed by atoms with Crippen LogP contribution in [0.5, 0.6) is 0 Å². The van der Waals surface area contributed by atoms with Gasteiger partial charge in [0.05, 0.1) is 12.6 Å². The van der Waals surface area contributed by atoms with Crippen LogP contribution in [0.25, 0.3) is 0 Å². The van der Waals surface area contributed by atoms with Gasteiger partial charge in [-0.1, -0.05) is 24.6 Å². The summed E-state index contributed by atoms with van der Waals surface area (Å²) in [4.78, 5) is 0. The predicted molar refractivity (Wildman–Crippen MR) is 70.8 cm³/mol. The molecule has 1 aliphatic heterocycles. The van der Waals surface area contributed by atoms with Crippen LogP contribution >= 0.6 is 0 Å². The van der Waals surface area contributed by atoms with Crippen molar-refractivity contribution in [2.24, 2.45) is 0 Å². The Morgan fingerprint density at radius 3 is 2.94 bits per heavy atom. The SMILES string of the molecule is CCNC(C1=CCCCO1)c1cc(C)ccc1F. The van der Waals surface area contributed by atoms with Crippen molar-refractivity contribution in [2.45, 2.75) is 32.7 Å². The molecule has 0 radical (unpaired) electrons. The summed E-state index contributed by atoms with van der Waals surface area (Å²) in [7, 11) is 0. The number of hydrogen-bond donors (Lipinski definition) is 1. The van der Waals surface area contributed by atoms with E-state index in [1.54, 1.807) is 6.07 Å². The summed E-state index contributed by atoms with van der Waals surface area (Å²) in [6.45, 7) is 5.49. The monoisotopic (exact) mass is 249 g/mol. The Labute approximate surface area is 108 Å². The van der Waals surface area contributed by atoms with E-state index >= 15 is 0 Å². The Hall–Kier alpha value is -1.35. The second-order valence-electron chi connectivity index (χ2n) is 4.61. The number of rotatable bonds is 4. The number of benzene rings is 1. The Morgan fingerprint density at radius 2 is 2.28 bits per heavy atom. The minimum absolute atomic E-state index is 0.171. The van der Waals surface area contributed by atoms with Gasteiger partial charge in [0.15, 0.2) is 0 Å². The van der Waals surface area contributed by atoms with Crippen molar-refractivity contribution in [1.29, 1.82) is 0 Å². The lowest BCUT2D eigenvalue weighted by Crippen LogP contribution is -2.26. The van der Waals surface area contributed by atoms with E-state index in [0.717, 1.165) is 37.3 Å². The maximum absolute atomic E-state index is 14.0. The summed E-state index contributed by atoms with van der Waals surface area (Å²) < 4.78 is 19.6. The Morgan fingerprint density at radius 1 is 1.44 bits per heavy atom. The van der Waals surface area contributed by atoms with Gasteiger partial charge in [-0.2, -0.15) is 0 Å². The molecule has 1 aromatic rings. The summed E-state index contributed by atoms with van der Waals surface area (Å²) in [5.41, 5.74) is 1.73. The molecule has 1 heterocycles. The molecule has 0 aliphatic carbocycles. The van der Waals surface area contributed by atoms with E-state index < -0.39 is 0 Å². The standard InChI is InChI=1S/C15H20FNO/c1-3-17-15(14-6-4-5-9-18-14)12-10-11(2)7-8-13(12)16/h6-8,10,15,17H,3-5,9H2,1-2H3. The zero-order chi connectivity index (χ0) is 13.0. The van der Waals surface area contributed by atoms with Crippen LogP contribution in [0.4, 0.5) is 4.39 Å². The maximum Gasteiger partial charge on any atom is 0.128 e. The van der Waals surface area contributed by atoms with Gasteiger partial charge in [0.1, 0.15) is 11.6 Å². The molecule has 0 saturated carbocycles. The molecule has 1 aromatic carbocycles. The van der Waals surface area contributed by atoms with E-state index in [0.29, 0.717) is 5.56 Å². The van der Waals surface area contributed by atoms with Gasteiger partial charge in [0.2, 0.25) is 0 Å². The molecule has 18 heavy (non-hydrogen) atoms. The van der Waals surface area contributed by atoms with E-state index in [4.69, 9.17) is 4.74 Å². The third-order valence-electron chi connectivity index (χ3n) is 3.12. The summed E-state index contributed by atoms with van der Waals surface area (Å²) in [5.74, 6) is 0.675. The average molecular weight is 249 g/mol. The van der Waals surface area contributed by atoms with Crippen molar-refractivity contribution in [3.63, 3.8) is 0 Å². The molecule has 0 aromatic heterocycles. The van der Waals surface area contributed by atoms with E-state index in [-0.39, 0.29) is 11.9 Å². The third kappa shape index (κ3) is 2.91. The first kappa shape index (κ1) is 13.1. The fraction of sp³-hybridized carbons (Fsp3) is 0.467. The lowest BCUT2D eigenvalue weighted by molar-refractivity contribution is 0.167. The number of halogens is 1. The number of likely N-dealkylation sites (N-methyl/N-ethyl adjacent to an activating group) is 1. The van der Waals surface area contributed by atoms with Crippen LogP contribution in [-0.4, -0.2) is 13.2 Å². The third-order valence-corrected chi connectivity index (χ3v) is 3.12. The molecule has 1 N–H and O–H groups in total. The zero-order valence-electron chi connectivity index (χ0n) is 11.0. The molecule has 0 saturated heterocycles. The molecule has 0 fully saturated rings. The number of hydrogen-bond acceptors (Lipinski definition) is 2. The molecule has 1 aliphatic rings. The number of ether oxygens (including phenoxy) is 1. The van der Waals surface area contributed by atoms with Crippen LogP contribution in [0.2, 0.25) is 0 Å². The first-order valence-corrected chi connectivity index (χ1v) is 6.54. The van der Waals surface area contributed by atoms with E-state index in [1.165, 1.54) is 6.07 Å². The number of nitrogens with one attached hydrogen (secondary N) is 1. The summed E-state index contributed by atoms with van der Waals surface area (Å²) >= 11 is 0. The van der Waals surface area contributed by atoms with Crippen LogP contribution in [0.15, 0.2) is 30.0 Å². The minimum Gasteiger partial charge on any atom is -0.496 e. The molecule has 2 nitrogen and oxygen atoms in total. The first-order chi connectivity index (χ1) is 8.72. The lowest BCUT2D eigenvalue weighted by atomic mass is 10.00.